The first-order valence-corrected chi connectivity index (χ1v) is 9.34. The van der Waals surface area contributed by atoms with Gasteiger partial charge in [-0.25, -0.2) is 0 Å². The molecule has 2 aromatic carbocycles. The fraction of sp³-hybridized carbons (Fsp3) is 0.263. The van der Waals surface area contributed by atoms with E-state index in [0.717, 1.165) is 35.0 Å². The van der Waals surface area contributed by atoms with Crippen molar-refractivity contribution in [1.82, 2.24) is 10.6 Å². The highest BCUT2D eigenvalue weighted by atomic mass is 35.5. The minimum Gasteiger partial charge on any atom is -0.348 e. The van der Waals surface area contributed by atoms with Crippen molar-refractivity contribution in [3.63, 3.8) is 0 Å². The summed E-state index contributed by atoms with van der Waals surface area (Å²) in [6, 6.07) is 11.8. The zero-order valence-electron chi connectivity index (χ0n) is 14.1. The lowest BCUT2D eigenvalue weighted by atomic mass is 10.1. The van der Waals surface area contributed by atoms with Gasteiger partial charge in [0, 0.05) is 42.3 Å². The highest BCUT2D eigenvalue weighted by Gasteiger charge is 2.16. The zero-order chi connectivity index (χ0) is 17.2. The van der Waals surface area contributed by atoms with Crippen LogP contribution in [0.1, 0.15) is 33.5 Å². The predicted octanol–water partition coefficient (Wildman–Crippen LogP) is 3.08. The Hall–Kier alpha value is -2.02. The Kier molecular flexibility index (Phi) is 5.86. The molecule has 2 aromatic rings. The number of anilines is 1. The number of rotatable bonds is 3. The van der Waals surface area contributed by atoms with Gasteiger partial charge in [-0.3, -0.25) is 9.59 Å². The van der Waals surface area contributed by atoms with Gasteiger partial charge in [-0.05, 0) is 34.9 Å². The van der Waals surface area contributed by atoms with Gasteiger partial charge in [-0.15, -0.1) is 24.2 Å². The standard InChI is InChI=1S/C19H19N3O2S.ClH/c23-18-5-6-25-17-4-3-13(8-16(17)22-18)19(24)21-9-12-1-2-14-10-20-11-15(14)7-12;/h1-4,7-8,20H,5-6,9-11H2,(H,21,24)(H,22,23);1H. The van der Waals surface area contributed by atoms with E-state index in [-0.39, 0.29) is 24.2 Å². The molecule has 0 fully saturated rings. The second-order valence-electron chi connectivity index (χ2n) is 6.25. The second kappa shape index (κ2) is 8.12. The lowest BCUT2D eigenvalue weighted by Gasteiger charge is -2.10. The first-order valence-electron chi connectivity index (χ1n) is 8.35. The van der Waals surface area contributed by atoms with Crippen LogP contribution in [0.2, 0.25) is 0 Å². The highest BCUT2D eigenvalue weighted by Crippen LogP contribution is 2.31. The Labute approximate surface area is 162 Å². The fourth-order valence-electron chi connectivity index (χ4n) is 3.10. The number of benzene rings is 2. The van der Waals surface area contributed by atoms with Crippen molar-refractivity contribution >= 4 is 41.7 Å². The van der Waals surface area contributed by atoms with Crippen molar-refractivity contribution in [2.45, 2.75) is 31.0 Å². The molecule has 136 valence electrons. The summed E-state index contributed by atoms with van der Waals surface area (Å²) in [5.41, 5.74) is 5.01. The third-order valence-corrected chi connectivity index (χ3v) is 5.53. The summed E-state index contributed by atoms with van der Waals surface area (Å²) in [7, 11) is 0. The molecular formula is C19H20ClN3O2S. The number of hydrogen-bond donors (Lipinski definition) is 3. The maximum absolute atomic E-state index is 12.5. The monoisotopic (exact) mass is 389 g/mol. The number of halogens is 1. The van der Waals surface area contributed by atoms with Crippen molar-refractivity contribution in [1.29, 1.82) is 0 Å². The summed E-state index contributed by atoms with van der Waals surface area (Å²) in [6.07, 6.45) is 0.494. The van der Waals surface area contributed by atoms with Crippen LogP contribution in [0, 0.1) is 0 Å². The lowest BCUT2D eigenvalue weighted by molar-refractivity contribution is -0.115. The molecule has 2 heterocycles. The molecule has 2 amide bonds. The molecule has 0 atom stereocenters. The maximum Gasteiger partial charge on any atom is 0.251 e. The Morgan fingerprint density at radius 3 is 2.85 bits per heavy atom. The van der Waals surface area contributed by atoms with E-state index in [1.807, 2.05) is 12.1 Å². The van der Waals surface area contributed by atoms with E-state index >= 15 is 0 Å². The topological polar surface area (TPSA) is 70.2 Å². The first-order chi connectivity index (χ1) is 12.2. The van der Waals surface area contributed by atoms with Crippen LogP contribution in [0.5, 0.6) is 0 Å². The largest absolute Gasteiger partial charge is 0.348 e. The summed E-state index contributed by atoms with van der Waals surface area (Å²) in [5, 5.41) is 9.15. The molecule has 3 N–H and O–H groups in total. The molecule has 0 aliphatic carbocycles. The molecule has 0 spiro atoms. The minimum atomic E-state index is -0.134. The number of carbonyl (C=O) groups excluding carboxylic acids is 2. The quantitative estimate of drug-likeness (QED) is 0.754. The Bertz CT molecular complexity index is 857. The van der Waals surface area contributed by atoms with Gasteiger partial charge in [0.2, 0.25) is 5.91 Å². The Balaban J connectivity index is 0.00000196. The van der Waals surface area contributed by atoms with E-state index in [2.05, 4.69) is 34.1 Å². The minimum absolute atomic E-state index is 0. The van der Waals surface area contributed by atoms with Crippen LogP contribution in [0.4, 0.5) is 5.69 Å². The van der Waals surface area contributed by atoms with Crippen LogP contribution >= 0.6 is 24.2 Å². The maximum atomic E-state index is 12.5. The molecular weight excluding hydrogens is 370 g/mol. The van der Waals surface area contributed by atoms with E-state index in [9.17, 15) is 9.59 Å². The summed E-state index contributed by atoms with van der Waals surface area (Å²) in [4.78, 5) is 25.2. The van der Waals surface area contributed by atoms with Gasteiger partial charge in [0.05, 0.1) is 5.69 Å². The highest BCUT2D eigenvalue weighted by molar-refractivity contribution is 7.99. The van der Waals surface area contributed by atoms with Gasteiger partial charge in [0.25, 0.3) is 5.91 Å². The van der Waals surface area contributed by atoms with E-state index in [1.54, 1.807) is 17.8 Å². The average Bonchev–Trinajstić information content (AvgIpc) is 3.00. The van der Waals surface area contributed by atoms with Crippen molar-refractivity contribution in [3.8, 4) is 0 Å². The summed E-state index contributed by atoms with van der Waals surface area (Å²) in [6.45, 7) is 2.30. The molecule has 26 heavy (non-hydrogen) atoms. The van der Waals surface area contributed by atoms with Crippen LogP contribution < -0.4 is 16.0 Å². The molecule has 0 bridgehead atoms. The Morgan fingerprint density at radius 2 is 1.96 bits per heavy atom. The van der Waals surface area contributed by atoms with Gasteiger partial charge >= 0.3 is 0 Å². The molecule has 0 radical (unpaired) electrons. The van der Waals surface area contributed by atoms with E-state index in [4.69, 9.17) is 0 Å². The molecule has 0 unspecified atom stereocenters. The lowest BCUT2D eigenvalue weighted by Crippen LogP contribution is -2.23. The van der Waals surface area contributed by atoms with Crippen LogP contribution in [0.15, 0.2) is 41.3 Å². The van der Waals surface area contributed by atoms with Gasteiger partial charge in [-0.2, -0.15) is 0 Å². The normalized spacial score (nSPS) is 15.2. The average molecular weight is 390 g/mol. The molecule has 4 rings (SSSR count). The van der Waals surface area contributed by atoms with Crippen molar-refractivity contribution in [2.24, 2.45) is 0 Å². The van der Waals surface area contributed by atoms with Crippen molar-refractivity contribution in [3.05, 3.63) is 58.7 Å². The summed E-state index contributed by atoms with van der Waals surface area (Å²) < 4.78 is 0. The molecule has 0 saturated carbocycles. The molecule has 0 aromatic heterocycles. The van der Waals surface area contributed by atoms with Gasteiger partial charge in [0.1, 0.15) is 0 Å². The number of amides is 2. The third kappa shape index (κ3) is 4.03. The van der Waals surface area contributed by atoms with E-state index in [1.165, 1.54) is 11.1 Å². The number of thioether (sulfide) groups is 1. The molecule has 0 saturated heterocycles. The summed E-state index contributed by atoms with van der Waals surface area (Å²) >= 11 is 1.63. The molecule has 7 heteroatoms. The molecule has 5 nitrogen and oxygen atoms in total. The van der Waals surface area contributed by atoms with Gasteiger partial charge < -0.3 is 16.0 Å². The SMILES string of the molecule is Cl.O=C1CCSc2ccc(C(=O)NCc3ccc4c(c3)CNC4)cc2N1. The number of carbonyl (C=O) groups is 2. The third-order valence-electron chi connectivity index (χ3n) is 4.46. The predicted molar refractivity (Wildman–Crippen MR) is 106 cm³/mol. The van der Waals surface area contributed by atoms with E-state index in [0.29, 0.717) is 18.5 Å². The van der Waals surface area contributed by atoms with Crippen LogP contribution in [-0.2, 0) is 24.4 Å². The van der Waals surface area contributed by atoms with Crippen molar-refractivity contribution < 1.29 is 9.59 Å². The molecule has 2 aliphatic heterocycles. The molecule has 2 aliphatic rings. The Morgan fingerprint density at radius 1 is 1.12 bits per heavy atom. The zero-order valence-corrected chi connectivity index (χ0v) is 15.8. The van der Waals surface area contributed by atoms with Gasteiger partial charge in [0.15, 0.2) is 0 Å². The number of nitrogens with one attached hydrogen (secondary N) is 3. The van der Waals surface area contributed by atoms with Gasteiger partial charge in [-0.1, -0.05) is 18.2 Å². The summed E-state index contributed by atoms with van der Waals surface area (Å²) in [5.74, 6) is 0.623. The smallest absolute Gasteiger partial charge is 0.251 e. The van der Waals surface area contributed by atoms with Crippen LogP contribution in [0.3, 0.4) is 0 Å². The number of hydrogen-bond acceptors (Lipinski definition) is 4. The second-order valence-corrected chi connectivity index (χ2v) is 7.38. The van der Waals surface area contributed by atoms with Crippen molar-refractivity contribution in [2.75, 3.05) is 11.1 Å². The van der Waals surface area contributed by atoms with E-state index < -0.39 is 0 Å². The van der Waals surface area contributed by atoms with Crippen LogP contribution in [-0.4, -0.2) is 17.6 Å². The number of fused-ring (bicyclic) bond motifs is 2. The first kappa shape index (κ1) is 18.8. The van der Waals surface area contributed by atoms with Crippen LogP contribution in [0.25, 0.3) is 0 Å². The fourth-order valence-corrected chi connectivity index (χ4v) is 4.04.